The first-order valence-electron chi connectivity index (χ1n) is 7.67. The Morgan fingerprint density at radius 3 is 2.86 bits per heavy atom. The van der Waals surface area contributed by atoms with Crippen molar-refractivity contribution in [1.29, 1.82) is 0 Å². The fourth-order valence-corrected chi connectivity index (χ4v) is 2.40. The molecule has 1 heterocycles. The Morgan fingerprint density at radius 2 is 2.14 bits per heavy atom. The number of rotatable bonds is 6. The first-order valence-corrected chi connectivity index (χ1v) is 7.67. The van der Waals surface area contributed by atoms with Gasteiger partial charge in [-0.1, -0.05) is 32.0 Å². The van der Waals surface area contributed by atoms with Crippen molar-refractivity contribution >= 4 is 40.8 Å². The van der Waals surface area contributed by atoms with Crippen LogP contribution in [0.3, 0.4) is 0 Å². The zero-order valence-electron chi connectivity index (χ0n) is 13.6. The molecule has 0 aliphatic heterocycles. The van der Waals surface area contributed by atoms with Gasteiger partial charge in [-0.15, -0.1) is 24.0 Å². The highest BCUT2D eigenvalue weighted by molar-refractivity contribution is 14.0. The van der Waals surface area contributed by atoms with Crippen LogP contribution in [0.15, 0.2) is 29.4 Å². The van der Waals surface area contributed by atoms with E-state index in [4.69, 9.17) is 5.73 Å². The molecule has 0 fully saturated rings. The van der Waals surface area contributed by atoms with Crippen LogP contribution in [0.5, 0.6) is 0 Å². The third-order valence-electron chi connectivity index (χ3n) is 3.70. The molecule has 5 heteroatoms. The minimum absolute atomic E-state index is 0. The van der Waals surface area contributed by atoms with Crippen LogP contribution in [0, 0.1) is 12.8 Å². The van der Waals surface area contributed by atoms with Crippen LogP contribution in [0.2, 0.25) is 0 Å². The zero-order valence-corrected chi connectivity index (χ0v) is 16.0. The number of benzene rings is 1. The van der Waals surface area contributed by atoms with Crippen LogP contribution < -0.4 is 11.1 Å². The number of para-hydroxylation sites is 1. The Morgan fingerprint density at radius 1 is 1.36 bits per heavy atom. The summed E-state index contributed by atoms with van der Waals surface area (Å²) in [6.45, 7) is 8.11. The number of fused-ring (bicyclic) bond motifs is 1. The van der Waals surface area contributed by atoms with Gasteiger partial charge in [0.2, 0.25) is 0 Å². The molecule has 4 N–H and O–H groups in total. The molecule has 0 saturated heterocycles. The third kappa shape index (κ3) is 5.19. The molecule has 0 unspecified atom stereocenters. The summed E-state index contributed by atoms with van der Waals surface area (Å²) in [6, 6.07) is 6.39. The van der Waals surface area contributed by atoms with E-state index in [0.717, 1.165) is 25.9 Å². The molecule has 2 aromatic rings. The van der Waals surface area contributed by atoms with E-state index in [1.54, 1.807) is 0 Å². The summed E-state index contributed by atoms with van der Waals surface area (Å²) in [5, 5.41) is 4.49. The predicted octanol–water partition coefficient (Wildman–Crippen LogP) is 3.59. The van der Waals surface area contributed by atoms with Crippen molar-refractivity contribution in [2.75, 3.05) is 13.1 Å². The molecule has 0 aliphatic rings. The van der Waals surface area contributed by atoms with Gasteiger partial charge in [0.05, 0.1) is 0 Å². The molecule has 0 spiro atoms. The number of guanidine groups is 1. The van der Waals surface area contributed by atoms with Crippen molar-refractivity contribution in [3.05, 3.63) is 35.5 Å². The van der Waals surface area contributed by atoms with Gasteiger partial charge in [-0.3, -0.25) is 4.99 Å². The number of nitrogens with zero attached hydrogens (tertiary/aromatic N) is 1. The fraction of sp³-hybridized carbons (Fsp3) is 0.471. The van der Waals surface area contributed by atoms with Gasteiger partial charge < -0.3 is 16.0 Å². The third-order valence-corrected chi connectivity index (χ3v) is 3.70. The highest BCUT2D eigenvalue weighted by Gasteiger charge is 2.05. The highest BCUT2D eigenvalue weighted by Crippen LogP contribution is 2.21. The molecule has 0 aliphatic carbocycles. The molecule has 0 bridgehead atoms. The minimum Gasteiger partial charge on any atom is -0.370 e. The molecule has 22 heavy (non-hydrogen) atoms. The minimum atomic E-state index is 0. The molecule has 4 nitrogen and oxygen atoms in total. The Labute approximate surface area is 150 Å². The van der Waals surface area contributed by atoms with E-state index >= 15 is 0 Å². The van der Waals surface area contributed by atoms with Crippen LogP contribution in [0.25, 0.3) is 10.9 Å². The molecule has 0 atom stereocenters. The van der Waals surface area contributed by atoms with Crippen LogP contribution >= 0.6 is 24.0 Å². The van der Waals surface area contributed by atoms with Crippen molar-refractivity contribution < 1.29 is 0 Å². The number of aliphatic imine (C=N–C) groups is 1. The lowest BCUT2D eigenvalue weighted by molar-refractivity contribution is 0.595. The smallest absolute Gasteiger partial charge is 0.188 e. The molecular weight excluding hydrogens is 387 g/mol. The highest BCUT2D eigenvalue weighted by atomic mass is 127. The van der Waals surface area contributed by atoms with E-state index in [2.05, 4.69) is 60.5 Å². The topological polar surface area (TPSA) is 66.2 Å². The summed E-state index contributed by atoms with van der Waals surface area (Å²) < 4.78 is 0. The standard InChI is InChI=1S/C17H26N4.HI/c1-12(2)7-9-19-17(18)20-10-8-14-11-21-16-13(3)5-4-6-15(14)16;/h4-6,11-12,21H,7-10H2,1-3H3,(H3,18,19,20);1H. The second-order valence-corrected chi connectivity index (χ2v) is 5.94. The van der Waals surface area contributed by atoms with Crippen LogP contribution in [0.4, 0.5) is 0 Å². The second kappa shape index (κ2) is 9.02. The number of hydrogen-bond donors (Lipinski definition) is 3. The average molecular weight is 414 g/mol. The summed E-state index contributed by atoms with van der Waals surface area (Å²) in [6.07, 6.45) is 4.10. The second-order valence-electron chi connectivity index (χ2n) is 5.94. The molecular formula is C17H27IN4. The Bertz CT molecular complexity index is 616. The van der Waals surface area contributed by atoms with Crippen molar-refractivity contribution in [3.63, 3.8) is 0 Å². The van der Waals surface area contributed by atoms with E-state index < -0.39 is 0 Å². The van der Waals surface area contributed by atoms with Crippen LogP contribution in [-0.2, 0) is 6.42 Å². The first-order chi connectivity index (χ1) is 10.1. The predicted molar refractivity (Wildman–Crippen MR) is 106 cm³/mol. The van der Waals surface area contributed by atoms with Gasteiger partial charge in [0.15, 0.2) is 5.96 Å². The van der Waals surface area contributed by atoms with E-state index in [-0.39, 0.29) is 24.0 Å². The molecule has 122 valence electrons. The number of H-pyrrole nitrogens is 1. The van der Waals surface area contributed by atoms with E-state index in [0.29, 0.717) is 11.9 Å². The van der Waals surface area contributed by atoms with Gasteiger partial charge in [-0.2, -0.15) is 0 Å². The summed E-state index contributed by atoms with van der Waals surface area (Å²) in [5.74, 6) is 1.21. The molecule has 0 amide bonds. The van der Waals surface area contributed by atoms with E-state index in [9.17, 15) is 0 Å². The summed E-state index contributed by atoms with van der Waals surface area (Å²) in [5.41, 5.74) is 9.69. The molecule has 1 aromatic heterocycles. The summed E-state index contributed by atoms with van der Waals surface area (Å²) in [4.78, 5) is 7.69. The Hall–Kier alpha value is -1.24. The molecule has 0 saturated carbocycles. The Kier molecular flexibility index (Phi) is 7.72. The maximum absolute atomic E-state index is 5.87. The number of hydrogen-bond acceptors (Lipinski definition) is 1. The lowest BCUT2D eigenvalue weighted by Gasteiger charge is -2.06. The quantitative estimate of drug-likeness (QED) is 0.384. The largest absolute Gasteiger partial charge is 0.370 e. The van der Waals surface area contributed by atoms with Crippen molar-refractivity contribution in [2.24, 2.45) is 16.6 Å². The van der Waals surface area contributed by atoms with E-state index in [1.165, 1.54) is 22.0 Å². The first kappa shape index (κ1) is 18.8. The molecule has 2 rings (SSSR count). The van der Waals surface area contributed by atoms with Crippen molar-refractivity contribution in [2.45, 2.75) is 33.6 Å². The number of nitrogens with two attached hydrogens (primary N) is 1. The summed E-state index contributed by atoms with van der Waals surface area (Å²) in [7, 11) is 0. The molecule has 1 aromatic carbocycles. The van der Waals surface area contributed by atoms with Crippen LogP contribution in [-0.4, -0.2) is 24.0 Å². The zero-order chi connectivity index (χ0) is 15.2. The molecule has 0 radical (unpaired) electrons. The van der Waals surface area contributed by atoms with Crippen molar-refractivity contribution in [3.8, 4) is 0 Å². The SMILES string of the molecule is Cc1cccc2c(CCNC(N)=NCCC(C)C)c[nH]c12.I. The maximum Gasteiger partial charge on any atom is 0.188 e. The fourth-order valence-electron chi connectivity index (χ4n) is 2.40. The number of aryl methyl sites for hydroxylation is 1. The Balaban J connectivity index is 0.00000242. The lowest BCUT2D eigenvalue weighted by atomic mass is 10.1. The number of aromatic amines is 1. The summed E-state index contributed by atoms with van der Waals surface area (Å²) >= 11 is 0. The van der Waals surface area contributed by atoms with Gasteiger partial charge >= 0.3 is 0 Å². The lowest BCUT2D eigenvalue weighted by Crippen LogP contribution is -2.33. The number of aromatic nitrogens is 1. The van der Waals surface area contributed by atoms with Gasteiger partial charge in [0.1, 0.15) is 0 Å². The van der Waals surface area contributed by atoms with Crippen LogP contribution in [0.1, 0.15) is 31.4 Å². The number of halogens is 1. The monoisotopic (exact) mass is 414 g/mol. The van der Waals surface area contributed by atoms with E-state index in [1.807, 2.05) is 0 Å². The maximum atomic E-state index is 5.87. The average Bonchev–Trinajstić information content (AvgIpc) is 2.83. The van der Waals surface area contributed by atoms with Crippen molar-refractivity contribution in [1.82, 2.24) is 10.3 Å². The number of nitrogens with one attached hydrogen (secondary N) is 2. The normalized spacial score (nSPS) is 11.7. The van der Waals surface area contributed by atoms with Gasteiger partial charge in [0.25, 0.3) is 0 Å². The van der Waals surface area contributed by atoms with Gasteiger partial charge in [-0.25, -0.2) is 0 Å². The van der Waals surface area contributed by atoms with Gasteiger partial charge in [-0.05, 0) is 36.8 Å². The van der Waals surface area contributed by atoms with Gasteiger partial charge in [0, 0.05) is 30.2 Å².